The average molecular weight is 413 g/mol. The van der Waals surface area contributed by atoms with Gasteiger partial charge in [0.25, 0.3) is 0 Å². The fourth-order valence-electron chi connectivity index (χ4n) is 2.18. The molecular formula is C15H12BrNO3Se. The van der Waals surface area contributed by atoms with Crippen molar-refractivity contribution in [1.29, 1.82) is 0 Å². The van der Waals surface area contributed by atoms with E-state index in [1.54, 1.807) is 6.92 Å². The zero-order chi connectivity index (χ0) is 15.1. The third kappa shape index (κ3) is 2.59. The summed E-state index contributed by atoms with van der Waals surface area (Å²) in [7, 11) is 0. The first-order valence-corrected chi connectivity index (χ1v) is 8.93. The Balaban J connectivity index is 2.16. The Morgan fingerprint density at radius 2 is 2.19 bits per heavy atom. The molecular weight excluding hydrogens is 401 g/mol. The number of aromatic carboxylic acids is 1. The summed E-state index contributed by atoms with van der Waals surface area (Å²) in [4.78, 5) is 15.6. The molecule has 108 valence electrons. The molecule has 0 atom stereocenters. The van der Waals surface area contributed by atoms with Crippen molar-refractivity contribution in [2.45, 2.75) is 20.3 Å². The summed E-state index contributed by atoms with van der Waals surface area (Å²) in [6.07, 6.45) is 0.838. The number of furan rings is 1. The predicted molar refractivity (Wildman–Crippen MR) is 85.2 cm³/mol. The zero-order valence-electron chi connectivity index (χ0n) is 11.4. The summed E-state index contributed by atoms with van der Waals surface area (Å²) in [6.45, 7) is 3.79. The van der Waals surface area contributed by atoms with E-state index in [2.05, 4.69) is 20.9 Å². The van der Waals surface area contributed by atoms with Gasteiger partial charge >= 0.3 is 136 Å². The van der Waals surface area contributed by atoms with E-state index in [-0.39, 0.29) is 14.5 Å². The van der Waals surface area contributed by atoms with Crippen LogP contribution in [0.3, 0.4) is 0 Å². The van der Waals surface area contributed by atoms with Gasteiger partial charge in [-0.15, -0.1) is 0 Å². The van der Waals surface area contributed by atoms with E-state index in [0.717, 1.165) is 37.8 Å². The number of fused-ring (bicyclic) bond motifs is 1. The van der Waals surface area contributed by atoms with E-state index in [1.807, 2.05) is 25.1 Å². The van der Waals surface area contributed by atoms with Crippen LogP contribution in [-0.2, 0) is 6.42 Å². The molecule has 0 radical (unpaired) electrons. The molecule has 3 aromatic rings. The topological polar surface area (TPSA) is 63.3 Å². The van der Waals surface area contributed by atoms with Crippen molar-refractivity contribution in [3.8, 4) is 10.1 Å². The van der Waals surface area contributed by atoms with E-state index in [1.165, 1.54) is 0 Å². The number of aromatic nitrogens is 1. The molecule has 0 amide bonds. The van der Waals surface area contributed by atoms with Gasteiger partial charge in [0.2, 0.25) is 0 Å². The molecule has 2 aromatic heterocycles. The molecule has 0 aliphatic heterocycles. The predicted octanol–water partition coefficient (Wildman–Crippen LogP) is 3.88. The molecule has 0 aliphatic carbocycles. The molecule has 4 nitrogen and oxygen atoms in total. The summed E-state index contributed by atoms with van der Waals surface area (Å²) in [5.74, 6) is 0.0604. The molecule has 2 heterocycles. The van der Waals surface area contributed by atoms with Crippen LogP contribution in [0.5, 0.6) is 0 Å². The number of rotatable bonds is 3. The molecule has 0 fully saturated rings. The number of carboxylic acid groups (broad SMARTS) is 1. The first-order chi connectivity index (χ1) is 9.99. The molecule has 0 bridgehead atoms. The van der Waals surface area contributed by atoms with Crippen LogP contribution in [0.15, 0.2) is 27.1 Å². The van der Waals surface area contributed by atoms with E-state index < -0.39 is 5.97 Å². The van der Waals surface area contributed by atoms with E-state index in [4.69, 9.17) is 4.42 Å². The van der Waals surface area contributed by atoms with Gasteiger partial charge in [0.05, 0.1) is 0 Å². The fraction of sp³-hybridized carbons (Fsp3) is 0.200. The normalized spacial score (nSPS) is 11.2. The maximum atomic E-state index is 11.2. The molecule has 0 spiro atoms. The van der Waals surface area contributed by atoms with Crippen molar-refractivity contribution < 1.29 is 14.3 Å². The summed E-state index contributed by atoms with van der Waals surface area (Å²) < 4.78 is 7.90. The van der Waals surface area contributed by atoms with E-state index >= 15 is 0 Å². The van der Waals surface area contributed by atoms with Crippen LogP contribution in [0, 0.1) is 6.92 Å². The van der Waals surface area contributed by atoms with Crippen molar-refractivity contribution >= 4 is 47.4 Å². The van der Waals surface area contributed by atoms with Crippen LogP contribution in [0.4, 0.5) is 0 Å². The molecule has 1 aromatic carbocycles. The number of hydrogen-bond donors (Lipinski definition) is 1. The number of halogens is 1. The number of nitrogens with zero attached hydrogens (tertiary/aromatic N) is 1. The standard InChI is InChI=1S/C15H12BrNO3Se/c1-3-10-5-8-4-9(6-11(16)12(8)20-10)14-17-7(2)13(21-14)15(18)19/h4-6H,3H2,1-2H3,(H,18,19). The number of carboxylic acids is 1. The Labute approximate surface area is 135 Å². The van der Waals surface area contributed by atoms with Crippen molar-refractivity contribution in [2.75, 3.05) is 0 Å². The molecule has 3 rings (SSSR count). The monoisotopic (exact) mass is 413 g/mol. The number of benzene rings is 1. The third-order valence-electron chi connectivity index (χ3n) is 3.21. The van der Waals surface area contributed by atoms with Crippen LogP contribution in [0.2, 0.25) is 0 Å². The van der Waals surface area contributed by atoms with Gasteiger partial charge < -0.3 is 0 Å². The van der Waals surface area contributed by atoms with Crippen LogP contribution in [-0.4, -0.2) is 30.6 Å². The van der Waals surface area contributed by atoms with Gasteiger partial charge in [0, 0.05) is 0 Å². The van der Waals surface area contributed by atoms with Crippen LogP contribution in [0.1, 0.15) is 27.6 Å². The Morgan fingerprint density at radius 3 is 2.81 bits per heavy atom. The molecule has 0 saturated carbocycles. The Morgan fingerprint density at radius 1 is 1.43 bits per heavy atom. The number of hydrogen-bond acceptors (Lipinski definition) is 3. The van der Waals surface area contributed by atoms with Crippen LogP contribution >= 0.6 is 15.9 Å². The summed E-state index contributed by atoms with van der Waals surface area (Å²) in [5.41, 5.74) is 2.38. The number of carbonyl (C=O) groups is 1. The van der Waals surface area contributed by atoms with Crippen molar-refractivity contribution in [2.24, 2.45) is 0 Å². The van der Waals surface area contributed by atoms with Crippen molar-refractivity contribution in [3.63, 3.8) is 0 Å². The average Bonchev–Trinajstić information content (AvgIpc) is 3.02. The molecule has 21 heavy (non-hydrogen) atoms. The van der Waals surface area contributed by atoms with Gasteiger partial charge in [0.15, 0.2) is 0 Å². The summed E-state index contributed by atoms with van der Waals surface area (Å²) in [6, 6.07) is 5.98. The Kier molecular flexibility index (Phi) is 3.78. The minimum absolute atomic E-state index is 0.264. The van der Waals surface area contributed by atoms with Crippen LogP contribution in [0.25, 0.3) is 21.1 Å². The maximum absolute atomic E-state index is 11.2. The minimum atomic E-state index is -0.872. The first-order valence-electron chi connectivity index (χ1n) is 6.42. The van der Waals surface area contributed by atoms with E-state index in [9.17, 15) is 9.90 Å². The summed E-state index contributed by atoms with van der Waals surface area (Å²) in [5, 5.41) is 10.2. The quantitative estimate of drug-likeness (QED) is 0.663. The Bertz CT molecular complexity index is 850. The van der Waals surface area contributed by atoms with Gasteiger partial charge in [-0.25, -0.2) is 0 Å². The van der Waals surface area contributed by atoms with Gasteiger partial charge in [-0.2, -0.15) is 0 Å². The Hall–Kier alpha value is -1.36. The SMILES string of the molecule is CCc1cc2cc(-c3nc(C)c(C(=O)O)[se]3)cc(Br)c2o1. The first kappa shape index (κ1) is 14.6. The third-order valence-corrected chi connectivity index (χ3v) is 6.30. The second kappa shape index (κ2) is 5.44. The van der Waals surface area contributed by atoms with Gasteiger partial charge in [-0.05, 0) is 0 Å². The van der Waals surface area contributed by atoms with Crippen LogP contribution < -0.4 is 0 Å². The second-order valence-electron chi connectivity index (χ2n) is 4.68. The van der Waals surface area contributed by atoms with Gasteiger partial charge in [0.1, 0.15) is 0 Å². The number of aryl methyl sites for hydroxylation is 2. The second-order valence-corrected chi connectivity index (χ2v) is 7.63. The fourth-order valence-corrected chi connectivity index (χ4v) is 4.61. The molecule has 6 heteroatoms. The van der Waals surface area contributed by atoms with Crippen molar-refractivity contribution in [3.05, 3.63) is 38.6 Å². The van der Waals surface area contributed by atoms with E-state index in [0.29, 0.717) is 10.1 Å². The molecule has 0 unspecified atom stereocenters. The van der Waals surface area contributed by atoms with Gasteiger partial charge in [-0.3, -0.25) is 0 Å². The molecule has 1 N–H and O–H groups in total. The summed E-state index contributed by atoms with van der Waals surface area (Å²) >= 11 is 3.26. The molecule has 0 aliphatic rings. The zero-order valence-corrected chi connectivity index (χ0v) is 14.7. The van der Waals surface area contributed by atoms with Crippen molar-refractivity contribution in [1.82, 2.24) is 4.98 Å². The molecule has 0 saturated heterocycles. The van der Waals surface area contributed by atoms with Gasteiger partial charge in [-0.1, -0.05) is 0 Å².